The largest absolute Gasteiger partial charge is 0.481 e. The maximum absolute atomic E-state index is 12.2. The predicted octanol–water partition coefficient (Wildman–Crippen LogP) is 5.13. The Morgan fingerprint density at radius 2 is 1.90 bits per heavy atom. The lowest BCUT2D eigenvalue weighted by Crippen LogP contribution is -2.56. The van der Waals surface area contributed by atoms with E-state index < -0.39 is 23.0 Å². The number of rotatable bonds is 7. The molecule has 1 heterocycles. The zero-order valence-corrected chi connectivity index (χ0v) is 19.0. The number of aryl methyl sites for hydroxylation is 1. The van der Waals surface area contributed by atoms with E-state index in [-0.39, 0.29) is 11.8 Å². The molecule has 0 saturated carbocycles. The number of hydrogen-bond donors (Lipinski definition) is 3. The number of amides is 2. The fourth-order valence-corrected chi connectivity index (χ4v) is 3.93. The third-order valence-corrected chi connectivity index (χ3v) is 5.90. The van der Waals surface area contributed by atoms with Gasteiger partial charge in [0, 0.05) is 17.6 Å². The maximum atomic E-state index is 12.2. The monoisotopic (exact) mass is 431 g/mol. The number of halogens is 1. The number of carboxylic acid groups (broad SMARTS) is 1. The minimum absolute atomic E-state index is 0.0493. The van der Waals surface area contributed by atoms with Gasteiger partial charge >= 0.3 is 12.0 Å². The Morgan fingerprint density at radius 1 is 1.23 bits per heavy atom. The Kier molecular flexibility index (Phi) is 6.88. The van der Waals surface area contributed by atoms with Gasteiger partial charge in [-0.3, -0.25) is 4.79 Å². The van der Waals surface area contributed by atoms with E-state index in [1.165, 1.54) is 6.20 Å². The van der Waals surface area contributed by atoms with Crippen molar-refractivity contribution < 1.29 is 14.7 Å². The number of nitriles is 1. The Morgan fingerprint density at radius 3 is 2.43 bits per heavy atom. The molecule has 2 amide bonds. The molecule has 2 rings (SSSR count). The first-order valence-electron chi connectivity index (χ1n) is 10.0. The molecule has 7 heteroatoms. The molecule has 6 nitrogen and oxygen atoms in total. The number of carboxylic acids is 1. The van der Waals surface area contributed by atoms with Crippen LogP contribution in [0.1, 0.15) is 65.0 Å². The Balaban J connectivity index is 2.48. The van der Waals surface area contributed by atoms with Crippen LogP contribution in [-0.4, -0.2) is 17.1 Å². The number of nitrogens with one attached hydrogen (secondary N) is 2. The summed E-state index contributed by atoms with van der Waals surface area (Å²) in [5.74, 6) is -0.912. The molecular weight excluding hydrogens is 402 g/mol. The van der Waals surface area contributed by atoms with Crippen molar-refractivity contribution in [2.24, 2.45) is 10.8 Å². The molecule has 3 N–H and O–H groups in total. The summed E-state index contributed by atoms with van der Waals surface area (Å²) < 4.78 is 0. The minimum Gasteiger partial charge on any atom is -0.481 e. The molecule has 1 aliphatic heterocycles. The van der Waals surface area contributed by atoms with Gasteiger partial charge in [0.1, 0.15) is 6.07 Å². The van der Waals surface area contributed by atoms with E-state index in [0.29, 0.717) is 22.6 Å². The van der Waals surface area contributed by atoms with Crippen LogP contribution < -0.4 is 10.6 Å². The van der Waals surface area contributed by atoms with Gasteiger partial charge < -0.3 is 15.7 Å². The van der Waals surface area contributed by atoms with Gasteiger partial charge in [-0.2, -0.15) is 5.26 Å². The van der Waals surface area contributed by atoms with E-state index in [1.807, 2.05) is 26.0 Å². The number of nitrogens with zero attached hydrogens (tertiary/aromatic N) is 1. The molecule has 1 atom stereocenters. The highest BCUT2D eigenvalue weighted by molar-refractivity contribution is 6.31. The van der Waals surface area contributed by atoms with Crippen LogP contribution in [0.15, 0.2) is 30.0 Å². The van der Waals surface area contributed by atoms with Crippen molar-refractivity contribution in [1.82, 2.24) is 10.6 Å². The summed E-state index contributed by atoms with van der Waals surface area (Å²) >= 11 is 6.56. The second-order valence-electron chi connectivity index (χ2n) is 9.66. The first-order valence-corrected chi connectivity index (χ1v) is 10.4. The van der Waals surface area contributed by atoms with Gasteiger partial charge in [0.05, 0.1) is 0 Å². The van der Waals surface area contributed by atoms with Gasteiger partial charge in [-0.15, -0.1) is 0 Å². The molecule has 0 fully saturated rings. The molecular formula is C23H30ClN3O3. The number of benzene rings is 1. The fourth-order valence-electron chi connectivity index (χ4n) is 3.65. The maximum Gasteiger partial charge on any atom is 0.320 e. The van der Waals surface area contributed by atoms with Crippen LogP contribution in [0.3, 0.4) is 0 Å². The highest BCUT2D eigenvalue weighted by Gasteiger charge is 2.47. The van der Waals surface area contributed by atoms with Gasteiger partial charge in [0.15, 0.2) is 5.54 Å². The SMILES string of the molecule is CC(C)(C)CCc1ccc(C2(C#N)NC(=O)NC=C2C(C)(C)CCC(=O)O)cc1Cl. The standard InChI is InChI=1S/C23H30ClN3O3/c1-21(2,3)10-8-15-6-7-16(12-17(15)24)23(14-25)18(13-26-20(30)27-23)22(4,5)11-9-19(28)29/h6-7,12-13H,8-11H2,1-5H3,(H,28,29)(H2,26,27,30). The van der Waals surface area contributed by atoms with Gasteiger partial charge in [0.2, 0.25) is 0 Å². The summed E-state index contributed by atoms with van der Waals surface area (Å²) in [5.41, 5.74) is 0.210. The lowest BCUT2D eigenvalue weighted by atomic mass is 9.68. The molecule has 1 unspecified atom stereocenters. The summed E-state index contributed by atoms with van der Waals surface area (Å²) in [4.78, 5) is 23.3. The molecule has 0 aliphatic carbocycles. The van der Waals surface area contributed by atoms with E-state index >= 15 is 0 Å². The quantitative estimate of drug-likeness (QED) is 0.557. The molecule has 1 aromatic rings. The van der Waals surface area contributed by atoms with Crippen LogP contribution >= 0.6 is 11.6 Å². The third kappa shape index (κ3) is 5.34. The highest BCUT2D eigenvalue weighted by atomic mass is 35.5. The van der Waals surface area contributed by atoms with Gasteiger partial charge in [-0.05, 0) is 52.9 Å². The van der Waals surface area contributed by atoms with Gasteiger partial charge in [-0.1, -0.05) is 58.4 Å². The van der Waals surface area contributed by atoms with E-state index in [0.717, 1.165) is 18.4 Å². The van der Waals surface area contributed by atoms with Crippen LogP contribution in [0.4, 0.5) is 4.79 Å². The molecule has 0 bridgehead atoms. The molecule has 1 aliphatic rings. The van der Waals surface area contributed by atoms with Gasteiger partial charge in [0.25, 0.3) is 0 Å². The van der Waals surface area contributed by atoms with Crippen molar-refractivity contribution in [3.8, 4) is 6.07 Å². The Hall–Kier alpha value is -2.52. The number of carbonyl (C=O) groups excluding carboxylic acids is 1. The fraction of sp³-hybridized carbons (Fsp3) is 0.522. The molecule has 0 spiro atoms. The van der Waals surface area contributed by atoms with Crippen molar-refractivity contribution >= 4 is 23.6 Å². The number of aliphatic carboxylic acids is 1. The van der Waals surface area contributed by atoms with Crippen LogP contribution in [-0.2, 0) is 16.8 Å². The summed E-state index contributed by atoms with van der Waals surface area (Å²) in [6.45, 7) is 10.2. The summed E-state index contributed by atoms with van der Waals surface area (Å²) in [5, 5.41) is 25.2. The van der Waals surface area contributed by atoms with Crippen LogP contribution in [0, 0.1) is 22.2 Å². The minimum atomic E-state index is -1.43. The van der Waals surface area contributed by atoms with E-state index in [9.17, 15) is 14.9 Å². The van der Waals surface area contributed by atoms with E-state index in [2.05, 4.69) is 37.5 Å². The van der Waals surface area contributed by atoms with Crippen molar-refractivity contribution in [3.63, 3.8) is 0 Å². The zero-order chi connectivity index (χ0) is 22.7. The summed E-state index contributed by atoms with van der Waals surface area (Å²) in [6, 6.07) is 7.22. The van der Waals surface area contributed by atoms with Crippen molar-refractivity contribution in [2.45, 2.75) is 65.8 Å². The van der Waals surface area contributed by atoms with Crippen LogP contribution in [0.5, 0.6) is 0 Å². The predicted molar refractivity (Wildman–Crippen MR) is 117 cm³/mol. The van der Waals surface area contributed by atoms with Crippen LogP contribution in [0.25, 0.3) is 0 Å². The molecule has 0 radical (unpaired) electrons. The smallest absolute Gasteiger partial charge is 0.320 e. The summed E-state index contributed by atoms with van der Waals surface area (Å²) in [6.07, 6.45) is 3.55. The average Bonchev–Trinajstić information content (AvgIpc) is 2.64. The van der Waals surface area contributed by atoms with E-state index in [1.54, 1.807) is 6.07 Å². The first kappa shape index (κ1) is 23.8. The topological polar surface area (TPSA) is 102 Å². The van der Waals surface area contributed by atoms with Crippen molar-refractivity contribution in [1.29, 1.82) is 5.26 Å². The first-order chi connectivity index (χ1) is 13.8. The zero-order valence-electron chi connectivity index (χ0n) is 18.2. The third-order valence-electron chi connectivity index (χ3n) is 5.54. The Labute approximate surface area is 183 Å². The number of hydrogen-bond acceptors (Lipinski definition) is 3. The average molecular weight is 432 g/mol. The highest BCUT2D eigenvalue weighted by Crippen LogP contribution is 2.45. The molecule has 30 heavy (non-hydrogen) atoms. The molecule has 0 aromatic heterocycles. The molecule has 162 valence electrons. The lowest BCUT2D eigenvalue weighted by Gasteiger charge is -2.42. The second kappa shape index (κ2) is 8.69. The van der Waals surface area contributed by atoms with Gasteiger partial charge in [-0.25, -0.2) is 4.79 Å². The van der Waals surface area contributed by atoms with E-state index in [4.69, 9.17) is 16.7 Å². The molecule has 0 saturated heterocycles. The number of carbonyl (C=O) groups is 2. The normalized spacial score (nSPS) is 19.4. The number of urea groups is 1. The lowest BCUT2D eigenvalue weighted by molar-refractivity contribution is -0.137. The summed E-state index contributed by atoms with van der Waals surface area (Å²) in [7, 11) is 0. The molecule has 1 aromatic carbocycles. The van der Waals surface area contributed by atoms with Crippen LogP contribution in [0.2, 0.25) is 5.02 Å². The Bertz CT molecular complexity index is 909. The second-order valence-corrected chi connectivity index (χ2v) is 10.1. The van der Waals surface area contributed by atoms with Crippen molar-refractivity contribution in [2.75, 3.05) is 0 Å². The van der Waals surface area contributed by atoms with Crippen molar-refractivity contribution in [3.05, 3.63) is 46.1 Å².